The van der Waals surface area contributed by atoms with Crippen LogP contribution in [0.1, 0.15) is 31.1 Å². The molecule has 0 aliphatic carbocycles. The molecule has 0 N–H and O–H groups in total. The number of hydrogen-bond acceptors (Lipinski definition) is 5. The van der Waals surface area contributed by atoms with Crippen molar-refractivity contribution in [2.24, 2.45) is 0 Å². The Morgan fingerprint density at radius 3 is 2.33 bits per heavy atom. The van der Waals surface area contributed by atoms with Gasteiger partial charge in [-0.2, -0.15) is 0 Å². The summed E-state index contributed by atoms with van der Waals surface area (Å²) in [5.41, 5.74) is -0.0386. The van der Waals surface area contributed by atoms with E-state index in [4.69, 9.17) is 9.47 Å². The Morgan fingerprint density at radius 2 is 1.76 bits per heavy atom. The van der Waals surface area contributed by atoms with E-state index in [9.17, 15) is 14.0 Å². The van der Waals surface area contributed by atoms with Gasteiger partial charge in [0.25, 0.3) is 6.17 Å². The van der Waals surface area contributed by atoms with Crippen LogP contribution < -0.4 is 9.47 Å². The van der Waals surface area contributed by atoms with Crippen LogP contribution in [-0.2, 0) is 9.53 Å². The van der Waals surface area contributed by atoms with Crippen LogP contribution in [-0.4, -0.2) is 37.7 Å². The third kappa shape index (κ3) is 4.18. The zero-order valence-electron chi connectivity index (χ0n) is 12.3. The van der Waals surface area contributed by atoms with Gasteiger partial charge in [0.05, 0.1) is 25.4 Å². The van der Waals surface area contributed by atoms with Gasteiger partial charge in [0.1, 0.15) is 0 Å². The Labute approximate surface area is 123 Å². The molecule has 0 amide bonds. The largest absolute Gasteiger partial charge is 0.490 e. The zero-order valence-corrected chi connectivity index (χ0v) is 12.3. The lowest BCUT2D eigenvalue weighted by atomic mass is 10.1. The minimum atomic E-state index is -2.37. The standard InChI is InChI=1S/C15H19FO5/c1-4-19-11-9-7-8-10(14(11)20-5-2)13(17)12(16)15(18)21-6-3/h7-9,12H,4-6H2,1-3H3. The monoisotopic (exact) mass is 298 g/mol. The Morgan fingerprint density at radius 1 is 1.10 bits per heavy atom. The molecule has 1 rings (SSSR count). The molecule has 5 nitrogen and oxygen atoms in total. The van der Waals surface area contributed by atoms with Crippen LogP contribution in [0.25, 0.3) is 0 Å². The second kappa shape index (κ2) is 8.24. The predicted molar refractivity (Wildman–Crippen MR) is 74.6 cm³/mol. The van der Waals surface area contributed by atoms with Crippen molar-refractivity contribution in [3.63, 3.8) is 0 Å². The molecule has 1 unspecified atom stereocenters. The molecule has 0 heterocycles. The molecule has 0 saturated heterocycles. The predicted octanol–water partition coefficient (Wildman–Crippen LogP) is 2.57. The highest BCUT2D eigenvalue weighted by Crippen LogP contribution is 2.32. The fourth-order valence-electron chi connectivity index (χ4n) is 1.73. The lowest BCUT2D eigenvalue weighted by Gasteiger charge is -2.15. The summed E-state index contributed by atoms with van der Waals surface area (Å²) in [4.78, 5) is 23.4. The fourth-order valence-corrected chi connectivity index (χ4v) is 1.73. The van der Waals surface area contributed by atoms with Gasteiger partial charge in [-0.3, -0.25) is 4.79 Å². The first-order chi connectivity index (χ1) is 10.1. The maximum atomic E-state index is 13.9. The molecule has 0 radical (unpaired) electrons. The highest BCUT2D eigenvalue weighted by Gasteiger charge is 2.31. The van der Waals surface area contributed by atoms with Gasteiger partial charge in [0.2, 0.25) is 5.78 Å². The van der Waals surface area contributed by atoms with Crippen molar-refractivity contribution < 1.29 is 28.2 Å². The summed E-state index contributed by atoms with van der Waals surface area (Å²) in [6.07, 6.45) is -2.37. The first-order valence-corrected chi connectivity index (χ1v) is 6.80. The number of Topliss-reactive ketones (excluding diaryl/α,β-unsaturated/α-hetero) is 1. The van der Waals surface area contributed by atoms with Crippen LogP contribution in [0.3, 0.4) is 0 Å². The van der Waals surface area contributed by atoms with Gasteiger partial charge >= 0.3 is 5.97 Å². The van der Waals surface area contributed by atoms with E-state index < -0.39 is 17.9 Å². The third-order valence-corrected chi connectivity index (χ3v) is 2.56. The summed E-state index contributed by atoms with van der Waals surface area (Å²) >= 11 is 0. The molecule has 0 bridgehead atoms. The molecule has 21 heavy (non-hydrogen) atoms. The van der Waals surface area contributed by atoms with E-state index >= 15 is 0 Å². The van der Waals surface area contributed by atoms with E-state index in [-0.39, 0.29) is 24.5 Å². The van der Waals surface area contributed by atoms with Crippen LogP contribution in [0.2, 0.25) is 0 Å². The van der Waals surface area contributed by atoms with E-state index in [1.807, 2.05) is 0 Å². The Hall–Kier alpha value is -2.11. The quantitative estimate of drug-likeness (QED) is 0.419. The highest BCUT2D eigenvalue weighted by molar-refractivity contribution is 6.12. The van der Waals surface area contributed by atoms with E-state index in [0.29, 0.717) is 12.4 Å². The van der Waals surface area contributed by atoms with Crippen molar-refractivity contribution in [1.82, 2.24) is 0 Å². The number of esters is 1. The van der Waals surface area contributed by atoms with Crippen LogP contribution in [0.15, 0.2) is 18.2 Å². The van der Waals surface area contributed by atoms with Gasteiger partial charge in [-0.05, 0) is 32.9 Å². The van der Waals surface area contributed by atoms with Gasteiger partial charge in [-0.15, -0.1) is 0 Å². The Balaban J connectivity index is 3.13. The molecule has 1 aromatic rings. The molecule has 0 spiro atoms. The van der Waals surface area contributed by atoms with E-state index in [1.165, 1.54) is 13.0 Å². The normalized spacial score (nSPS) is 11.6. The number of benzene rings is 1. The third-order valence-electron chi connectivity index (χ3n) is 2.56. The van der Waals surface area contributed by atoms with Crippen molar-refractivity contribution in [2.45, 2.75) is 26.9 Å². The smallest absolute Gasteiger partial charge is 0.349 e. The molecule has 0 aliphatic heterocycles. The van der Waals surface area contributed by atoms with E-state index in [0.717, 1.165) is 0 Å². The van der Waals surface area contributed by atoms with Crippen LogP contribution in [0.4, 0.5) is 4.39 Å². The van der Waals surface area contributed by atoms with Gasteiger partial charge in [-0.1, -0.05) is 6.07 Å². The lowest BCUT2D eigenvalue weighted by Crippen LogP contribution is -2.28. The minimum absolute atomic E-state index is 0.00381. The number of alkyl halides is 1. The highest BCUT2D eigenvalue weighted by atomic mass is 19.1. The summed E-state index contributed by atoms with van der Waals surface area (Å²) in [5, 5.41) is 0. The lowest BCUT2D eigenvalue weighted by molar-refractivity contribution is -0.147. The number of halogens is 1. The van der Waals surface area contributed by atoms with Crippen molar-refractivity contribution in [3.05, 3.63) is 23.8 Å². The summed E-state index contributed by atoms with van der Waals surface area (Å²) < 4.78 is 29.1. The number of hydrogen-bond donors (Lipinski definition) is 0. The second-order valence-electron chi connectivity index (χ2n) is 3.98. The topological polar surface area (TPSA) is 61.8 Å². The zero-order chi connectivity index (χ0) is 15.8. The summed E-state index contributed by atoms with van der Waals surface area (Å²) in [7, 11) is 0. The molecular formula is C15H19FO5. The molecular weight excluding hydrogens is 279 g/mol. The first-order valence-electron chi connectivity index (χ1n) is 6.80. The molecule has 0 fully saturated rings. The van der Waals surface area contributed by atoms with Crippen molar-refractivity contribution >= 4 is 11.8 Å². The fraction of sp³-hybridized carbons (Fsp3) is 0.467. The van der Waals surface area contributed by atoms with Crippen molar-refractivity contribution in [3.8, 4) is 11.5 Å². The molecule has 0 saturated carbocycles. The number of para-hydroxylation sites is 1. The van der Waals surface area contributed by atoms with Crippen molar-refractivity contribution in [2.75, 3.05) is 19.8 Å². The maximum Gasteiger partial charge on any atom is 0.349 e. The average molecular weight is 298 g/mol. The van der Waals surface area contributed by atoms with Gasteiger partial charge in [-0.25, -0.2) is 9.18 Å². The summed E-state index contributed by atoms with van der Waals surface area (Å²) in [5.74, 6) is -1.73. The van der Waals surface area contributed by atoms with Crippen LogP contribution >= 0.6 is 0 Å². The van der Waals surface area contributed by atoms with Crippen molar-refractivity contribution in [1.29, 1.82) is 0 Å². The molecule has 0 aliphatic rings. The molecule has 1 aromatic carbocycles. The number of carbonyl (C=O) groups is 2. The summed E-state index contributed by atoms with van der Waals surface area (Å²) in [6, 6.07) is 4.54. The Kier molecular flexibility index (Phi) is 6.65. The number of ether oxygens (including phenoxy) is 3. The minimum Gasteiger partial charge on any atom is -0.490 e. The molecule has 1 atom stereocenters. The molecule has 0 aromatic heterocycles. The van der Waals surface area contributed by atoms with Crippen LogP contribution in [0, 0.1) is 0 Å². The van der Waals surface area contributed by atoms with E-state index in [2.05, 4.69) is 4.74 Å². The average Bonchev–Trinajstić information content (AvgIpc) is 2.48. The molecule has 116 valence electrons. The SMILES string of the molecule is CCOC(=O)C(F)C(=O)c1cccc(OCC)c1OCC. The summed E-state index contributed by atoms with van der Waals surface area (Å²) in [6.45, 7) is 5.70. The maximum absolute atomic E-state index is 13.9. The number of carbonyl (C=O) groups excluding carboxylic acids is 2. The number of rotatable bonds is 8. The Bertz CT molecular complexity index is 501. The van der Waals surface area contributed by atoms with Gasteiger partial charge in [0, 0.05) is 0 Å². The second-order valence-corrected chi connectivity index (χ2v) is 3.98. The van der Waals surface area contributed by atoms with Gasteiger partial charge < -0.3 is 14.2 Å². The first kappa shape index (κ1) is 16.9. The van der Waals surface area contributed by atoms with Gasteiger partial charge in [0.15, 0.2) is 11.5 Å². The van der Waals surface area contributed by atoms with E-state index in [1.54, 1.807) is 26.0 Å². The molecule has 6 heteroatoms. The number of ketones is 1. The van der Waals surface area contributed by atoms with Crippen LogP contribution in [0.5, 0.6) is 11.5 Å².